The Balaban J connectivity index is 2.20. The van der Waals surface area contributed by atoms with Gasteiger partial charge in [-0.15, -0.1) is 0 Å². The molecule has 3 heteroatoms. The number of esters is 1. The number of hydrogen-bond donors (Lipinski definition) is 0. The van der Waals surface area contributed by atoms with Crippen LogP contribution >= 0.6 is 0 Å². The van der Waals surface area contributed by atoms with E-state index in [9.17, 15) is 9.59 Å². The summed E-state index contributed by atoms with van der Waals surface area (Å²) in [4.78, 5) is 22.9. The Kier molecular flexibility index (Phi) is 2.31. The molecule has 1 fully saturated rings. The van der Waals surface area contributed by atoms with Crippen LogP contribution in [0.25, 0.3) is 0 Å². The van der Waals surface area contributed by atoms with Gasteiger partial charge in [-0.2, -0.15) is 0 Å². The third-order valence-corrected chi connectivity index (χ3v) is 2.31. The van der Waals surface area contributed by atoms with Crippen molar-refractivity contribution in [3.63, 3.8) is 0 Å². The molecule has 72 valence electrons. The number of ketones is 1. The predicted molar refractivity (Wildman–Crippen MR) is 49.8 cm³/mol. The predicted octanol–water partition coefficient (Wildman–Crippen LogP) is 1.43. The van der Waals surface area contributed by atoms with Crippen LogP contribution in [0.4, 0.5) is 0 Å². The zero-order chi connectivity index (χ0) is 9.97. The molecule has 2 rings (SSSR count). The molecule has 0 N–H and O–H groups in total. The van der Waals surface area contributed by atoms with Crippen molar-refractivity contribution < 1.29 is 14.3 Å². The number of hydrogen-bond acceptors (Lipinski definition) is 3. The van der Waals surface area contributed by atoms with Gasteiger partial charge in [0.25, 0.3) is 0 Å². The van der Waals surface area contributed by atoms with Gasteiger partial charge >= 0.3 is 5.97 Å². The van der Waals surface area contributed by atoms with Crippen LogP contribution < -0.4 is 0 Å². The maximum Gasteiger partial charge on any atom is 0.316 e. The highest BCUT2D eigenvalue weighted by atomic mass is 16.5. The SMILES string of the molecule is O=C1OCC[C@@H]1C(=O)c1ccccc1. The van der Waals surface area contributed by atoms with Crippen LogP contribution in [0.5, 0.6) is 0 Å². The molecule has 0 aromatic heterocycles. The summed E-state index contributed by atoms with van der Waals surface area (Å²) in [6.45, 7) is 0.363. The largest absolute Gasteiger partial charge is 0.465 e. The topological polar surface area (TPSA) is 43.4 Å². The van der Waals surface area contributed by atoms with E-state index in [1.165, 1.54) is 0 Å². The van der Waals surface area contributed by atoms with Gasteiger partial charge in [0, 0.05) is 12.0 Å². The van der Waals surface area contributed by atoms with E-state index in [1.807, 2.05) is 6.07 Å². The lowest BCUT2D eigenvalue weighted by Crippen LogP contribution is -2.19. The molecule has 0 unspecified atom stereocenters. The van der Waals surface area contributed by atoms with Crippen LogP contribution in [-0.2, 0) is 9.53 Å². The fraction of sp³-hybridized carbons (Fsp3) is 0.273. The average molecular weight is 190 g/mol. The summed E-state index contributed by atoms with van der Waals surface area (Å²) >= 11 is 0. The first-order chi connectivity index (χ1) is 6.79. The second-order valence-corrected chi connectivity index (χ2v) is 3.24. The number of rotatable bonds is 2. The third-order valence-electron chi connectivity index (χ3n) is 2.31. The Morgan fingerprint density at radius 3 is 2.57 bits per heavy atom. The number of Topliss-reactive ketones (excluding diaryl/α,β-unsaturated/α-hetero) is 1. The van der Waals surface area contributed by atoms with Gasteiger partial charge < -0.3 is 4.74 Å². The highest BCUT2D eigenvalue weighted by Gasteiger charge is 2.33. The summed E-state index contributed by atoms with van der Waals surface area (Å²) in [7, 11) is 0. The molecule has 0 aliphatic carbocycles. The van der Waals surface area contributed by atoms with Gasteiger partial charge in [0.05, 0.1) is 6.61 Å². The van der Waals surface area contributed by atoms with Crippen molar-refractivity contribution >= 4 is 11.8 Å². The summed E-state index contributed by atoms with van der Waals surface area (Å²) in [5, 5.41) is 0. The maximum absolute atomic E-state index is 11.8. The molecule has 1 aromatic carbocycles. The summed E-state index contributed by atoms with van der Waals surface area (Å²) in [5.41, 5.74) is 0.580. The van der Waals surface area contributed by atoms with Gasteiger partial charge in [0.15, 0.2) is 5.78 Å². The maximum atomic E-state index is 11.8. The van der Waals surface area contributed by atoms with E-state index in [4.69, 9.17) is 4.74 Å². The lowest BCUT2D eigenvalue weighted by atomic mass is 9.97. The third kappa shape index (κ3) is 1.53. The number of carbonyl (C=O) groups excluding carboxylic acids is 2. The molecule has 0 spiro atoms. The zero-order valence-electron chi connectivity index (χ0n) is 7.60. The van der Waals surface area contributed by atoms with Gasteiger partial charge in [-0.05, 0) is 0 Å². The van der Waals surface area contributed by atoms with Crippen LogP contribution in [0.15, 0.2) is 30.3 Å². The summed E-state index contributed by atoms with van der Waals surface area (Å²) < 4.78 is 4.75. The van der Waals surface area contributed by atoms with Crippen molar-refractivity contribution in [1.29, 1.82) is 0 Å². The molecule has 14 heavy (non-hydrogen) atoms. The van der Waals surface area contributed by atoms with E-state index < -0.39 is 5.92 Å². The monoisotopic (exact) mass is 190 g/mol. The quantitative estimate of drug-likeness (QED) is 0.402. The van der Waals surface area contributed by atoms with E-state index >= 15 is 0 Å². The van der Waals surface area contributed by atoms with Crippen LogP contribution in [0.1, 0.15) is 16.8 Å². The number of ether oxygens (including phenoxy) is 1. The Bertz CT molecular complexity index is 356. The molecule has 1 atom stereocenters. The van der Waals surface area contributed by atoms with Crippen molar-refractivity contribution in [2.75, 3.05) is 6.61 Å². The van der Waals surface area contributed by atoms with Crippen molar-refractivity contribution in [3.8, 4) is 0 Å². The highest BCUT2D eigenvalue weighted by Crippen LogP contribution is 2.19. The summed E-state index contributed by atoms with van der Waals surface area (Å²) in [6, 6.07) is 8.84. The Labute approximate surface area is 81.7 Å². The molecule has 1 aliphatic heterocycles. The number of cyclic esters (lactones) is 1. The normalized spacial score (nSPS) is 20.6. The highest BCUT2D eigenvalue weighted by molar-refractivity contribution is 6.09. The molecule has 3 nitrogen and oxygen atoms in total. The summed E-state index contributed by atoms with van der Waals surface area (Å²) in [5.74, 6) is -1.11. The number of benzene rings is 1. The van der Waals surface area contributed by atoms with Gasteiger partial charge in [-0.1, -0.05) is 30.3 Å². The van der Waals surface area contributed by atoms with Crippen molar-refractivity contribution in [1.82, 2.24) is 0 Å². The Morgan fingerprint density at radius 2 is 2.00 bits per heavy atom. The van der Waals surface area contributed by atoms with Crippen LogP contribution in [0.2, 0.25) is 0 Å². The van der Waals surface area contributed by atoms with E-state index in [2.05, 4.69) is 0 Å². The Morgan fingerprint density at radius 1 is 1.29 bits per heavy atom. The van der Waals surface area contributed by atoms with Crippen LogP contribution in [0, 0.1) is 5.92 Å². The van der Waals surface area contributed by atoms with E-state index in [-0.39, 0.29) is 11.8 Å². The van der Waals surface area contributed by atoms with E-state index in [0.717, 1.165) is 0 Å². The molecule has 0 saturated carbocycles. The van der Waals surface area contributed by atoms with Gasteiger partial charge in [-0.25, -0.2) is 0 Å². The standard InChI is InChI=1S/C11H10O3/c12-10(8-4-2-1-3-5-8)9-6-7-14-11(9)13/h1-5,9H,6-7H2/t9-/m1/s1. The van der Waals surface area contributed by atoms with Gasteiger partial charge in [-0.3, -0.25) is 9.59 Å². The van der Waals surface area contributed by atoms with Crippen LogP contribution in [-0.4, -0.2) is 18.4 Å². The molecule has 1 aromatic rings. The first-order valence-electron chi connectivity index (χ1n) is 4.55. The van der Waals surface area contributed by atoms with Crippen molar-refractivity contribution in [2.24, 2.45) is 5.92 Å². The van der Waals surface area contributed by atoms with Crippen molar-refractivity contribution in [3.05, 3.63) is 35.9 Å². The zero-order valence-corrected chi connectivity index (χ0v) is 7.60. The lowest BCUT2D eigenvalue weighted by molar-refractivity contribution is -0.140. The second kappa shape index (κ2) is 3.62. The molecule has 0 amide bonds. The fourth-order valence-electron chi connectivity index (χ4n) is 1.54. The van der Waals surface area contributed by atoms with Crippen molar-refractivity contribution in [2.45, 2.75) is 6.42 Å². The van der Waals surface area contributed by atoms with Gasteiger partial charge in [0.1, 0.15) is 5.92 Å². The average Bonchev–Trinajstić information content (AvgIpc) is 2.65. The number of carbonyl (C=O) groups is 2. The molecule has 1 aliphatic rings. The fourth-order valence-corrected chi connectivity index (χ4v) is 1.54. The molecular formula is C11H10O3. The second-order valence-electron chi connectivity index (χ2n) is 3.24. The molecule has 0 radical (unpaired) electrons. The minimum absolute atomic E-state index is 0.131. The molecule has 1 heterocycles. The first-order valence-corrected chi connectivity index (χ1v) is 4.55. The first kappa shape index (κ1) is 8.94. The lowest BCUT2D eigenvalue weighted by Gasteiger charge is -2.03. The van der Waals surface area contributed by atoms with Gasteiger partial charge in [0.2, 0.25) is 0 Å². The van der Waals surface area contributed by atoms with E-state index in [0.29, 0.717) is 18.6 Å². The Hall–Kier alpha value is -1.64. The minimum Gasteiger partial charge on any atom is -0.465 e. The van der Waals surface area contributed by atoms with Crippen LogP contribution in [0.3, 0.4) is 0 Å². The molecular weight excluding hydrogens is 180 g/mol. The minimum atomic E-state index is -0.586. The smallest absolute Gasteiger partial charge is 0.316 e. The molecule has 1 saturated heterocycles. The summed E-state index contributed by atoms with van der Waals surface area (Å²) in [6.07, 6.45) is 0.507. The molecule has 0 bridgehead atoms. The van der Waals surface area contributed by atoms with E-state index in [1.54, 1.807) is 24.3 Å².